The first-order valence-electron chi connectivity index (χ1n) is 18.5. The third-order valence-electron chi connectivity index (χ3n) is 12.3. The van der Waals surface area contributed by atoms with Crippen molar-refractivity contribution >= 4 is 52.3 Å². The second-order valence-electron chi connectivity index (χ2n) is 15.0. The second kappa shape index (κ2) is 13.3. The van der Waals surface area contributed by atoms with E-state index in [9.17, 15) is 23.9 Å². The standard InChI is InChI=1S/C43H38ClFN4O6/c1-24-3-2-4-33(38(24)50)37-31-17-18-32-36(41(53)48(39(32)51)30-15-13-29(14-16-30)47-19-21-55-22-20-47)34(31)23-35-40(52)49(46-28-11-9-27(45)10-12-28)42(54)43(35,37)25-5-7-26(44)8-6-25/h2-17,32,34-37,46,50H,18-23H2,1H3. The van der Waals surface area contributed by atoms with E-state index in [0.29, 0.717) is 46.3 Å². The molecular weight excluding hydrogens is 723 g/mol. The quantitative estimate of drug-likeness (QED) is 0.169. The van der Waals surface area contributed by atoms with Gasteiger partial charge in [-0.1, -0.05) is 53.6 Å². The number of amides is 4. The molecule has 0 aromatic heterocycles. The van der Waals surface area contributed by atoms with Crippen LogP contribution in [0.3, 0.4) is 0 Å². The Morgan fingerprint density at radius 2 is 1.53 bits per heavy atom. The van der Waals surface area contributed by atoms with Gasteiger partial charge in [0.05, 0.1) is 47.8 Å². The molecule has 2 N–H and O–H groups in total. The SMILES string of the molecule is Cc1cccc(C2C3=CCC4C(=O)N(c5ccc(N6CCOCC6)cc5)C(=O)C4C3CC3C(=O)N(Nc4ccc(F)cc4)C(=O)C32c2ccc(Cl)cc2)c1O. The van der Waals surface area contributed by atoms with Gasteiger partial charge in [0.15, 0.2) is 0 Å². The number of benzene rings is 4. The van der Waals surface area contributed by atoms with Crippen molar-refractivity contribution in [2.75, 3.05) is 41.5 Å². The zero-order valence-corrected chi connectivity index (χ0v) is 30.7. The first kappa shape index (κ1) is 35.2. The smallest absolute Gasteiger partial charge is 0.260 e. The summed E-state index contributed by atoms with van der Waals surface area (Å²) in [7, 11) is 0. The van der Waals surface area contributed by atoms with Gasteiger partial charge >= 0.3 is 0 Å². The summed E-state index contributed by atoms with van der Waals surface area (Å²) in [5.74, 6) is -6.25. The molecule has 12 heteroatoms. The fourth-order valence-electron chi connectivity index (χ4n) is 9.80. The van der Waals surface area contributed by atoms with Crippen molar-refractivity contribution in [3.8, 4) is 5.75 Å². The molecule has 4 aromatic rings. The number of morpholine rings is 1. The number of imide groups is 2. The lowest BCUT2D eigenvalue weighted by Crippen LogP contribution is -2.53. The summed E-state index contributed by atoms with van der Waals surface area (Å²) in [5, 5.41) is 13.2. The average molecular weight is 761 g/mol. The number of allylic oxidation sites excluding steroid dienone is 2. The lowest BCUT2D eigenvalue weighted by molar-refractivity contribution is -0.138. The largest absolute Gasteiger partial charge is 0.507 e. The normalized spacial score (nSPS) is 27.5. The van der Waals surface area contributed by atoms with Gasteiger partial charge in [-0.2, -0.15) is 5.01 Å². The summed E-state index contributed by atoms with van der Waals surface area (Å²) in [6.07, 6.45) is 2.29. The van der Waals surface area contributed by atoms with Crippen LogP contribution in [0.2, 0.25) is 5.02 Å². The molecule has 3 aliphatic heterocycles. The minimum absolute atomic E-state index is 0.0238. The summed E-state index contributed by atoms with van der Waals surface area (Å²) in [5.41, 5.74) is 5.40. The number of carbonyl (C=O) groups is 4. The van der Waals surface area contributed by atoms with Gasteiger partial charge < -0.3 is 14.7 Å². The van der Waals surface area contributed by atoms with E-state index in [-0.39, 0.29) is 30.4 Å². The van der Waals surface area contributed by atoms with Crippen LogP contribution in [-0.4, -0.2) is 60.0 Å². The fourth-order valence-corrected chi connectivity index (χ4v) is 9.93. The Labute approximate surface area is 322 Å². The number of carbonyl (C=O) groups excluding carboxylic acids is 4. The first-order valence-corrected chi connectivity index (χ1v) is 18.9. The van der Waals surface area contributed by atoms with E-state index >= 15 is 4.79 Å². The van der Waals surface area contributed by atoms with Crippen LogP contribution in [0.15, 0.2) is 103 Å². The van der Waals surface area contributed by atoms with Crippen molar-refractivity contribution in [3.05, 3.63) is 130 Å². The van der Waals surface area contributed by atoms with E-state index in [1.54, 1.807) is 61.5 Å². The maximum absolute atomic E-state index is 15.3. The van der Waals surface area contributed by atoms with E-state index in [1.165, 1.54) is 29.2 Å². The van der Waals surface area contributed by atoms with Crippen molar-refractivity contribution in [2.24, 2.45) is 23.7 Å². The maximum Gasteiger partial charge on any atom is 0.260 e. The number of hydrogen-bond acceptors (Lipinski definition) is 8. The van der Waals surface area contributed by atoms with Crippen LogP contribution >= 0.6 is 11.6 Å². The van der Waals surface area contributed by atoms with Gasteiger partial charge in [-0.25, -0.2) is 4.39 Å². The molecule has 6 unspecified atom stereocenters. The number of phenolic OH excluding ortho intramolecular Hbond substituents is 1. The molecule has 0 spiro atoms. The minimum Gasteiger partial charge on any atom is -0.507 e. The van der Waals surface area contributed by atoms with Crippen LogP contribution < -0.4 is 15.2 Å². The van der Waals surface area contributed by atoms with Gasteiger partial charge in [-0.05, 0) is 97.5 Å². The third-order valence-corrected chi connectivity index (χ3v) is 12.6. The number of nitrogens with zero attached hydrogens (tertiary/aromatic N) is 3. The van der Waals surface area contributed by atoms with E-state index in [0.717, 1.165) is 29.4 Å². The highest BCUT2D eigenvalue weighted by atomic mass is 35.5. The predicted molar refractivity (Wildman–Crippen MR) is 204 cm³/mol. The predicted octanol–water partition coefficient (Wildman–Crippen LogP) is 6.52. The Balaban J connectivity index is 1.17. The molecule has 1 saturated carbocycles. The van der Waals surface area contributed by atoms with Crippen molar-refractivity contribution in [2.45, 2.75) is 31.1 Å². The molecule has 3 heterocycles. The van der Waals surface area contributed by atoms with Gasteiger partial charge in [0.2, 0.25) is 11.8 Å². The average Bonchev–Trinajstić information content (AvgIpc) is 3.58. The van der Waals surface area contributed by atoms with Gasteiger partial charge in [0.1, 0.15) is 11.6 Å². The van der Waals surface area contributed by atoms with Gasteiger partial charge in [0.25, 0.3) is 11.8 Å². The number of halogens is 2. The highest BCUT2D eigenvalue weighted by Crippen LogP contribution is 2.65. The Morgan fingerprint density at radius 3 is 2.24 bits per heavy atom. The molecule has 5 aliphatic rings. The van der Waals surface area contributed by atoms with Gasteiger partial charge in [-0.15, -0.1) is 0 Å². The van der Waals surface area contributed by atoms with E-state index in [4.69, 9.17) is 16.3 Å². The number of rotatable bonds is 6. The molecule has 4 fully saturated rings. The number of aromatic hydroxyl groups is 1. The molecule has 55 heavy (non-hydrogen) atoms. The summed E-state index contributed by atoms with van der Waals surface area (Å²) in [6, 6.07) is 24.9. The maximum atomic E-state index is 15.3. The van der Waals surface area contributed by atoms with Gasteiger partial charge in [0, 0.05) is 35.3 Å². The molecule has 4 aromatic carbocycles. The van der Waals surface area contributed by atoms with Crippen LogP contribution in [0.4, 0.5) is 21.5 Å². The van der Waals surface area contributed by atoms with Gasteiger partial charge in [-0.3, -0.25) is 29.5 Å². The number of fused-ring (bicyclic) bond motifs is 4. The number of phenols is 1. The lowest BCUT2D eigenvalue weighted by Gasteiger charge is -2.50. The number of hydrogen-bond donors (Lipinski definition) is 2. The van der Waals surface area contributed by atoms with Crippen molar-refractivity contribution in [1.82, 2.24) is 5.01 Å². The van der Waals surface area contributed by atoms with Crippen LogP contribution in [-0.2, 0) is 29.3 Å². The fraction of sp³-hybridized carbons (Fsp3) is 0.302. The number of anilines is 3. The van der Waals surface area contributed by atoms with E-state index in [1.807, 2.05) is 18.2 Å². The number of ether oxygens (including phenoxy) is 1. The Bertz CT molecular complexity index is 2260. The van der Waals surface area contributed by atoms with Crippen LogP contribution in [0.1, 0.15) is 35.4 Å². The molecule has 280 valence electrons. The van der Waals surface area contributed by atoms with E-state index < -0.39 is 52.6 Å². The molecule has 6 atom stereocenters. The van der Waals surface area contributed by atoms with Crippen molar-refractivity contribution in [3.63, 3.8) is 0 Å². The Kier molecular flexibility index (Phi) is 8.54. The summed E-state index contributed by atoms with van der Waals surface area (Å²) >= 11 is 6.38. The molecule has 2 aliphatic carbocycles. The van der Waals surface area contributed by atoms with Crippen LogP contribution in [0.5, 0.6) is 5.75 Å². The number of aryl methyl sites for hydroxylation is 1. The molecule has 4 amide bonds. The molecule has 10 nitrogen and oxygen atoms in total. The minimum atomic E-state index is -1.59. The van der Waals surface area contributed by atoms with Crippen molar-refractivity contribution in [1.29, 1.82) is 0 Å². The first-order chi connectivity index (χ1) is 26.6. The zero-order chi connectivity index (χ0) is 38.2. The number of para-hydroxylation sites is 1. The molecule has 0 radical (unpaired) electrons. The zero-order valence-electron chi connectivity index (χ0n) is 30.0. The van der Waals surface area contributed by atoms with E-state index in [2.05, 4.69) is 10.3 Å². The third kappa shape index (κ3) is 5.38. The summed E-state index contributed by atoms with van der Waals surface area (Å²) in [6.45, 7) is 4.51. The topological polar surface area (TPSA) is 119 Å². The molecular formula is C43H38ClFN4O6. The second-order valence-corrected chi connectivity index (χ2v) is 15.5. The van der Waals surface area contributed by atoms with Crippen molar-refractivity contribution < 1.29 is 33.4 Å². The Morgan fingerprint density at radius 1 is 0.836 bits per heavy atom. The number of nitrogens with one attached hydrogen (secondary N) is 1. The highest BCUT2D eigenvalue weighted by Gasteiger charge is 2.70. The molecule has 9 rings (SSSR count). The Hall–Kier alpha value is -5.52. The van der Waals surface area contributed by atoms with Crippen LogP contribution in [0.25, 0.3) is 0 Å². The van der Waals surface area contributed by atoms with Crippen LogP contribution in [0, 0.1) is 36.4 Å². The highest BCUT2D eigenvalue weighted by molar-refractivity contribution is 6.30. The summed E-state index contributed by atoms with van der Waals surface area (Å²) in [4.78, 5) is 62.5. The lowest BCUT2D eigenvalue weighted by atomic mass is 9.49. The molecule has 0 bridgehead atoms. The summed E-state index contributed by atoms with van der Waals surface area (Å²) < 4.78 is 19.4. The number of hydrazine groups is 1. The molecule has 3 saturated heterocycles. The monoisotopic (exact) mass is 760 g/mol.